The Labute approximate surface area is 171 Å². The SMILES string of the molecule is C[C@@H]1c2cccn2CCN1Cc1nc2cc(-c3ccc(Cl)cc3)sc2c(=O)[nH]1. The molecule has 28 heavy (non-hydrogen) atoms. The molecule has 0 amide bonds. The summed E-state index contributed by atoms with van der Waals surface area (Å²) in [7, 11) is 0. The molecule has 0 bridgehead atoms. The van der Waals surface area contributed by atoms with Crippen LogP contribution in [-0.2, 0) is 13.1 Å². The standard InChI is InChI=1S/C21H19ClN4OS/c1-13-17-3-2-8-25(17)9-10-26(13)12-19-23-16-11-18(28-20(16)21(27)24-19)14-4-6-15(22)7-5-14/h2-8,11,13H,9-10,12H2,1H3,(H,23,24,27)/t13-/m1/s1. The van der Waals surface area contributed by atoms with Crippen molar-refractivity contribution in [1.82, 2.24) is 19.4 Å². The monoisotopic (exact) mass is 410 g/mol. The van der Waals surface area contributed by atoms with Crippen LogP contribution >= 0.6 is 22.9 Å². The number of aromatic nitrogens is 3. The number of fused-ring (bicyclic) bond motifs is 2. The summed E-state index contributed by atoms with van der Waals surface area (Å²) >= 11 is 7.45. The van der Waals surface area contributed by atoms with Crippen molar-refractivity contribution in [2.24, 2.45) is 0 Å². The van der Waals surface area contributed by atoms with Gasteiger partial charge in [0.25, 0.3) is 5.56 Å². The number of thiophene rings is 1. The highest BCUT2D eigenvalue weighted by Gasteiger charge is 2.24. The van der Waals surface area contributed by atoms with Crippen molar-refractivity contribution >= 4 is 33.2 Å². The Morgan fingerprint density at radius 1 is 1.25 bits per heavy atom. The largest absolute Gasteiger partial charge is 0.349 e. The molecule has 0 fully saturated rings. The fraction of sp³-hybridized carbons (Fsp3) is 0.238. The number of nitrogens with zero attached hydrogens (tertiary/aromatic N) is 3. The van der Waals surface area contributed by atoms with Gasteiger partial charge in [-0.15, -0.1) is 11.3 Å². The van der Waals surface area contributed by atoms with E-state index in [1.165, 1.54) is 17.0 Å². The van der Waals surface area contributed by atoms with E-state index in [0.717, 1.165) is 29.0 Å². The minimum Gasteiger partial charge on any atom is -0.349 e. The molecule has 1 aliphatic rings. The lowest BCUT2D eigenvalue weighted by Crippen LogP contribution is -2.36. The van der Waals surface area contributed by atoms with Gasteiger partial charge in [0.05, 0.1) is 12.1 Å². The molecule has 4 aromatic rings. The molecular formula is C21H19ClN4OS. The molecule has 7 heteroatoms. The Hall–Kier alpha value is -2.41. The zero-order valence-corrected chi connectivity index (χ0v) is 16.9. The van der Waals surface area contributed by atoms with Gasteiger partial charge in [-0.3, -0.25) is 9.69 Å². The molecule has 5 rings (SSSR count). The van der Waals surface area contributed by atoms with Gasteiger partial charge in [-0.1, -0.05) is 23.7 Å². The number of rotatable bonds is 3. The molecule has 1 atom stereocenters. The number of aromatic amines is 1. The Balaban J connectivity index is 1.46. The summed E-state index contributed by atoms with van der Waals surface area (Å²) < 4.78 is 2.95. The fourth-order valence-electron chi connectivity index (χ4n) is 3.86. The second kappa shape index (κ2) is 6.88. The van der Waals surface area contributed by atoms with E-state index >= 15 is 0 Å². The lowest BCUT2D eigenvalue weighted by atomic mass is 10.1. The molecule has 1 aromatic carbocycles. The molecule has 0 saturated heterocycles. The van der Waals surface area contributed by atoms with Crippen LogP contribution in [0.25, 0.3) is 20.7 Å². The molecule has 0 aliphatic carbocycles. The van der Waals surface area contributed by atoms with Crippen molar-refractivity contribution in [1.29, 1.82) is 0 Å². The molecule has 1 aliphatic heterocycles. The number of H-pyrrole nitrogens is 1. The topological polar surface area (TPSA) is 53.9 Å². The first kappa shape index (κ1) is 17.7. The summed E-state index contributed by atoms with van der Waals surface area (Å²) in [4.78, 5) is 23.8. The van der Waals surface area contributed by atoms with E-state index in [4.69, 9.17) is 16.6 Å². The summed E-state index contributed by atoms with van der Waals surface area (Å²) in [5.74, 6) is 0.713. The van der Waals surface area contributed by atoms with Crippen molar-refractivity contribution < 1.29 is 0 Å². The van der Waals surface area contributed by atoms with Crippen molar-refractivity contribution in [3.8, 4) is 10.4 Å². The zero-order valence-electron chi connectivity index (χ0n) is 15.4. The highest BCUT2D eigenvalue weighted by atomic mass is 35.5. The molecular weight excluding hydrogens is 392 g/mol. The van der Waals surface area contributed by atoms with Gasteiger partial charge < -0.3 is 9.55 Å². The van der Waals surface area contributed by atoms with Crippen LogP contribution in [0.3, 0.4) is 0 Å². The maximum atomic E-state index is 12.6. The number of hydrogen-bond donors (Lipinski definition) is 1. The summed E-state index contributed by atoms with van der Waals surface area (Å²) in [6.07, 6.45) is 2.12. The zero-order chi connectivity index (χ0) is 19.3. The van der Waals surface area contributed by atoms with Gasteiger partial charge in [0.15, 0.2) is 0 Å². The maximum Gasteiger partial charge on any atom is 0.268 e. The molecule has 5 nitrogen and oxygen atoms in total. The van der Waals surface area contributed by atoms with E-state index in [2.05, 4.69) is 39.7 Å². The van der Waals surface area contributed by atoms with Crippen molar-refractivity contribution in [3.63, 3.8) is 0 Å². The van der Waals surface area contributed by atoms with Gasteiger partial charge in [-0.25, -0.2) is 4.98 Å². The third kappa shape index (κ3) is 3.07. The Morgan fingerprint density at radius 2 is 2.07 bits per heavy atom. The van der Waals surface area contributed by atoms with Gasteiger partial charge >= 0.3 is 0 Å². The molecule has 1 N–H and O–H groups in total. The highest BCUT2D eigenvalue weighted by molar-refractivity contribution is 7.22. The number of halogens is 1. The molecule has 0 spiro atoms. The second-order valence-corrected chi connectivity index (χ2v) is 8.61. The molecule has 0 unspecified atom stereocenters. The lowest BCUT2D eigenvalue weighted by Gasteiger charge is -2.34. The first-order valence-electron chi connectivity index (χ1n) is 9.26. The third-order valence-electron chi connectivity index (χ3n) is 5.38. The predicted molar refractivity (Wildman–Crippen MR) is 114 cm³/mol. The Morgan fingerprint density at radius 3 is 2.89 bits per heavy atom. The molecule has 3 aromatic heterocycles. The van der Waals surface area contributed by atoms with Crippen LogP contribution in [0.2, 0.25) is 5.02 Å². The smallest absolute Gasteiger partial charge is 0.268 e. The minimum atomic E-state index is -0.0711. The molecule has 142 valence electrons. The van der Waals surface area contributed by atoms with Crippen LogP contribution in [0, 0.1) is 0 Å². The molecule has 4 heterocycles. The third-order valence-corrected chi connectivity index (χ3v) is 6.81. The number of hydrogen-bond acceptors (Lipinski definition) is 4. The predicted octanol–water partition coefficient (Wildman–Crippen LogP) is 4.68. The molecule has 0 saturated carbocycles. The minimum absolute atomic E-state index is 0.0711. The maximum absolute atomic E-state index is 12.6. The summed E-state index contributed by atoms with van der Waals surface area (Å²) in [5, 5.41) is 0.699. The average molecular weight is 411 g/mol. The van der Waals surface area contributed by atoms with Crippen molar-refractivity contribution in [2.75, 3.05) is 6.54 Å². The normalized spacial score (nSPS) is 17.1. The number of benzene rings is 1. The van der Waals surface area contributed by atoms with Crippen LogP contribution in [-0.4, -0.2) is 26.0 Å². The quantitative estimate of drug-likeness (QED) is 0.533. The summed E-state index contributed by atoms with van der Waals surface area (Å²) in [6, 6.07) is 14.2. The Bertz CT molecular complexity index is 1210. The summed E-state index contributed by atoms with van der Waals surface area (Å²) in [5.41, 5.74) is 3.02. The van der Waals surface area contributed by atoms with E-state index < -0.39 is 0 Å². The van der Waals surface area contributed by atoms with Crippen LogP contribution < -0.4 is 5.56 Å². The van der Waals surface area contributed by atoms with Crippen LogP contribution in [0.15, 0.2) is 53.5 Å². The van der Waals surface area contributed by atoms with Gasteiger partial charge in [0, 0.05) is 40.9 Å². The highest BCUT2D eigenvalue weighted by Crippen LogP contribution is 2.32. The van der Waals surface area contributed by atoms with Crippen LogP contribution in [0.1, 0.15) is 24.5 Å². The van der Waals surface area contributed by atoms with E-state index in [9.17, 15) is 4.79 Å². The van der Waals surface area contributed by atoms with Gasteiger partial charge in [0.1, 0.15) is 10.5 Å². The fourth-order valence-corrected chi connectivity index (χ4v) is 4.98. The van der Waals surface area contributed by atoms with E-state index in [-0.39, 0.29) is 11.6 Å². The van der Waals surface area contributed by atoms with Crippen LogP contribution in [0.5, 0.6) is 0 Å². The van der Waals surface area contributed by atoms with E-state index in [1.807, 2.05) is 30.3 Å². The number of nitrogens with one attached hydrogen (secondary N) is 1. The van der Waals surface area contributed by atoms with Crippen LogP contribution in [0.4, 0.5) is 0 Å². The van der Waals surface area contributed by atoms with Gasteiger partial charge in [-0.05, 0) is 42.8 Å². The molecule has 0 radical (unpaired) electrons. The lowest BCUT2D eigenvalue weighted by molar-refractivity contribution is 0.157. The van der Waals surface area contributed by atoms with Gasteiger partial charge in [-0.2, -0.15) is 0 Å². The van der Waals surface area contributed by atoms with E-state index in [1.54, 1.807) is 0 Å². The average Bonchev–Trinajstić information content (AvgIpc) is 3.32. The van der Waals surface area contributed by atoms with Crippen molar-refractivity contribution in [3.05, 3.63) is 75.6 Å². The van der Waals surface area contributed by atoms with Crippen molar-refractivity contribution in [2.45, 2.75) is 26.1 Å². The second-order valence-electron chi connectivity index (χ2n) is 7.12. The van der Waals surface area contributed by atoms with Gasteiger partial charge in [0.2, 0.25) is 0 Å². The first-order valence-corrected chi connectivity index (χ1v) is 10.5. The first-order chi connectivity index (χ1) is 13.6. The summed E-state index contributed by atoms with van der Waals surface area (Å²) in [6.45, 7) is 4.72. The van der Waals surface area contributed by atoms with E-state index in [0.29, 0.717) is 22.1 Å². The Kier molecular flexibility index (Phi) is 4.34.